The number of benzene rings is 2. The van der Waals surface area contributed by atoms with Crippen LogP contribution in [0.2, 0.25) is 0 Å². The second kappa shape index (κ2) is 4.01. The van der Waals surface area contributed by atoms with Gasteiger partial charge in [-0.15, -0.1) is 0 Å². The van der Waals surface area contributed by atoms with Crippen LogP contribution in [-0.4, -0.2) is 15.3 Å². The van der Waals surface area contributed by atoms with Crippen LogP contribution in [0.1, 0.15) is 11.1 Å². The quantitative estimate of drug-likeness (QED) is 0.660. The summed E-state index contributed by atoms with van der Waals surface area (Å²) >= 11 is 0. The normalized spacial score (nSPS) is 10.5. The van der Waals surface area contributed by atoms with Crippen LogP contribution >= 0.6 is 0 Å². The first-order valence-corrected chi connectivity index (χ1v) is 5.32. The average Bonchev–Trinajstić information content (AvgIpc) is 2.29. The fourth-order valence-electron chi connectivity index (χ4n) is 1.97. The predicted octanol–water partition coefficient (Wildman–Crippen LogP) is 3.09. The van der Waals surface area contributed by atoms with Gasteiger partial charge >= 0.3 is 0 Å². The van der Waals surface area contributed by atoms with Crippen LogP contribution in [0.4, 0.5) is 0 Å². The maximum absolute atomic E-state index is 9.84. The number of aryl methyl sites for hydroxylation is 1. The number of hydrogen-bond donors (Lipinski definition) is 3. The molecule has 0 heterocycles. The lowest BCUT2D eigenvalue weighted by Crippen LogP contribution is -1.89. The van der Waals surface area contributed by atoms with Gasteiger partial charge in [0.05, 0.1) is 0 Å². The van der Waals surface area contributed by atoms with Gasteiger partial charge < -0.3 is 15.3 Å². The fourth-order valence-corrected chi connectivity index (χ4v) is 1.97. The van der Waals surface area contributed by atoms with E-state index in [-0.39, 0.29) is 17.2 Å². The molecule has 2 rings (SSSR count). The molecule has 0 atom stereocenters. The van der Waals surface area contributed by atoms with Crippen molar-refractivity contribution in [1.82, 2.24) is 0 Å². The van der Waals surface area contributed by atoms with Crippen molar-refractivity contribution >= 4 is 0 Å². The van der Waals surface area contributed by atoms with Gasteiger partial charge in [0.2, 0.25) is 0 Å². The summed E-state index contributed by atoms with van der Waals surface area (Å²) in [6.07, 6.45) is 0. The molecule has 0 fully saturated rings. The van der Waals surface area contributed by atoms with Crippen molar-refractivity contribution in [3.05, 3.63) is 41.5 Å². The molecule has 0 amide bonds. The standard InChI is InChI=1S/C14H14O3/c1-8-3-5-12(16)9(2)14(8)11-7-10(15)4-6-13(11)17/h3-7,15-17H,1-2H3. The summed E-state index contributed by atoms with van der Waals surface area (Å²) in [7, 11) is 0. The third kappa shape index (κ3) is 1.91. The Morgan fingerprint density at radius 3 is 2.18 bits per heavy atom. The summed E-state index contributed by atoms with van der Waals surface area (Å²) in [5, 5.41) is 29.0. The number of phenolic OH excluding ortho intramolecular Hbond substituents is 3. The number of rotatable bonds is 1. The first-order valence-electron chi connectivity index (χ1n) is 5.32. The third-order valence-electron chi connectivity index (χ3n) is 2.89. The van der Waals surface area contributed by atoms with Gasteiger partial charge in [-0.2, -0.15) is 0 Å². The van der Waals surface area contributed by atoms with E-state index < -0.39 is 0 Å². The van der Waals surface area contributed by atoms with Crippen molar-refractivity contribution in [3.8, 4) is 28.4 Å². The van der Waals surface area contributed by atoms with E-state index in [9.17, 15) is 15.3 Å². The Balaban J connectivity index is 2.76. The summed E-state index contributed by atoms with van der Waals surface area (Å²) in [5.41, 5.74) is 2.89. The minimum absolute atomic E-state index is 0.0830. The summed E-state index contributed by atoms with van der Waals surface area (Å²) < 4.78 is 0. The molecule has 2 aromatic carbocycles. The van der Waals surface area contributed by atoms with Crippen LogP contribution in [0.15, 0.2) is 30.3 Å². The van der Waals surface area contributed by atoms with E-state index in [1.807, 2.05) is 6.92 Å². The van der Waals surface area contributed by atoms with Crippen LogP contribution in [0, 0.1) is 13.8 Å². The summed E-state index contributed by atoms with van der Waals surface area (Å²) in [6, 6.07) is 7.75. The zero-order valence-electron chi connectivity index (χ0n) is 9.73. The second-order valence-corrected chi connectivity index (χ2v) is 4.10. The molecular weight excluding hydrogens is 216 g/mol. The Kier molecular flexibility index (Phi) is 2.68. The van der Waals surface area contributed by atoms with Gasteiger partial charge in [0.1, 0.15) is 17.2 Å². The van der Waals surface area contributed by atoms with Gasteiger partial charge in [-0.1, -0.05) is 6.07 Å². The van der Waals surface area contributed by atoms with Crippen LogP contribution in [0.5, 0.6) is 17.2 Å². The first-order chi connectivity index (χ1) is 8.00. The molecule has 2 aromatic rings. The SMILES string of the molecule is Cc1ccc(O)c(C)c1-c1cc(O)ccc1O. The lowest BCUT2D eigenvalue weighted by atomic mass is 9.94. The molecule has 0 aliphatic carbocycles. The smallest absolute Gasteiger partial charge is 0.123 e. The number of hydrogen-bond acceptors (Lipinski definition) is 3. The lowest BCUT2D eigenvalue weighted by molar-refractivity contribution is 0.461. The van der Waals surface area contributed by atoms with Gasteiger partial charge in [-0.3, -0.25) is 0 Å². The molecule has 3 nitrogen and oxygen atoms in total. The van der Waals surface area contributed by atoms with Crippen molar-refractivity contribution in [3.63, 3.8) is 0 Å². The first kappa shape index (κ1) is 11.3. The van der Waals surface area contributed by atoms with Crippen molar-refractivity contribution in [2.75, 3.05) is 0 Å². The molecule has 0 radical (unpaired) electrons. The molecule has 0 unspecified atom stereocenters. The van der Waals surface area contributed by atoms with E-state index in [0.29, 0.717) is 11.1 Å². The van der Waals surface area contributed by atoms with E-state index in [1.165, 1.54) is 18.2 Å². The van der Waals surface area contributed by atoms with E-state index in [2.05, 4.69) is 0 Å². The number of phenols is 3. The highest BCUT2D eigenvalue weighted by molar-refractivity contribution is 5.78. The zero-order chi connectivity index (χ0) is 12.6. The Morgan fingerprint density at radius 2 is 1.47 bits per heavy atom. The molecule has 0 aromatic heterocycles. The molecule has 0 spiro atoms. The minimum Gasteiger partial charge on any atom is -0.508 e. The average molecular weight is 230 g/mol. The third-order valence-corrected chi connectivity index (χ3v) is 2.89. The summed E-state index contributed by atoms with van der Waals surface area (Å²) in [5.74, 6) is 0.341. The Bertz CT molecular complexity index is 574. The predicted molar refractivity (Wildman–Crippen MR) is 66.3 cm³/mol. The highest BCUT2D eigenvalue weighted by Gasteiger charge is 2.13. The molecule has 0 aliphatic heterocycles. The molecule has 3 N–H and O–H groups in total. The van der Waals surface area contributed by atoms with Gasteiger partial charge in [-0.25, -0.2) is 0 Å². The molecule has 3 heteroatoms. The highest BCUT2D eigenvalue weighted by Crippen LogP contribution is 2.38. The number of aromatic hydroxyl groups is 3. The van der Waals surface area contributed by atoms with Crippen LogP contribution in [0.25, 0.3) is 11.1 Å². The minimum atomic E-state index is 0.0830. The van der Waals surface area contributed by atoms with Crippen molar-refractivity contribution in [2.24, 2.45) is 0 Å². The lowest BCUT2D eigenvalue weighted by Gasteiger charge is -2.13. The van der Waals surface area contributed by atoms with Crippen molar-refractivity contribution in [1.29, 1.82) is 0 Å². The van der Waals surface area contributed by atoms with Crippen molar-refractivity contribution < 1.29 is 15.3 Å². The van der Waals surface area contributed by atoms with Crippen LogP contribution < -0.4 is 0 Å². The van der Waals surface area contributed by atoms with Crippen LogP contribution in [0.3, 0.4) is 0 Å². The molecule has 0 saturated carbocycles. The summed E-state index contributed by atoms with van der Waals surface area (Å²) in [4.78, 5) is 0. The molecule has 17 heavy (non-hydrogen) atoms. The molecular formula is C14H14O3. The molecule has 0 aliphatic rings. The van der Waals surface area contributed by atoms with Crippen molar-refractivity contribution in [2.45, 2.75) is 13.8 Å². The van der Waals surface area contributed by atoms with E-state index in [4.69, 9.17) is 0 Å². The molecule has 0 saturated heterocycles. The Morgan fingerprint density at radius 1 is 0.824 bits per heavy atom. The maximum atomic E-state index is 9.84. The van der Waals surface area contributed by atoms with E-state index >= 15 is 0 Å². The van der Waals surface area contributed by atoms with Gasteiger partial charge in [0.25, 0.3) is 0 Å². The highest BCUT2D eigenvalue weighted by atomic mass is 16.3. The van der Waals surface area contributed by atoms with Gasteiger partial charge in [0.15, 0.2) is 0 Å². The molecule has 88 valence electrons. The molecule has 0 bridgehead atoms. The fraction of sp³-hybridized carbons (Fsp3) is 0.143. The van der Waals surface area contributed by atoms with E-state index in [0.717, 1.165) is 11.1 Å². The van der Waals surface area contributed by atoms with Crippen LogP contribution in [-0.2, 0) is 0 Å². The Hall–Kier alpha value is -2.16. The van der Waals surface area contributed by atoms with E-state index in [1.54, 1.807) is 19.1 Å². The van der Waals surface area contributed by atoms with Gasteiger partial charge in [0, 0.05) is 5.56 Å². The Labute approximate surface area is 99.6 Å². The second-order valence-electron chi connectivity index (χ2n) is 4.10. The largest absolute Gasteiger partial charge is 0.508 e. The van der Waals surface area contributed by atoms with Gasteiger partial charge in [-0.05, 0) is 54.8 Å². The zero-order valence-corrected chi connectivity index (χ0v) is 9.73. The maximum Gasteiger partial charge on any atom is 0.123 e. The topological polar surface area (TPSA) is 60.7 Å². The monoisotopic (exact) mass is 230 g/mol. The summed E-state index contributed by atoms with van der Waals surface area (Å²) in [6.45, 7) is 3.67.